The second kappa shape index (κ2) is 6.81. The molecule has 4 N–H and O–H groups in total. The Hall–Kier alpha value is -3.08. The first kappa shape index (κ1) is 16.8. The minimum absolute atomic E-state index is 0.249. The molecule has 1 aliphatic heterocycles. The quantitative estimate of drug-likeness (QED) is 0.666. The van der Waals surface area contributed by atoms with E-state index in [2.05, 4.69) is 31.0 Å². The van der Waals surface area contributed by atoms with Crippen LogP contribution in [0.1, 0.15) is 35.3 Å². The molecule has 2 aromatic rings. The zero-order chi connectivity index (χ0) is 18.0. The largest absolute Gasteiger partial charge is 0.489 e. The minimum Gasteiger partial charge on any atom is -0.489 e. The Balaban J connectivity index is 2.19. The molecule has 0 bridgehead atoms. The zero-order valence-electron chi connectivity index (χ0n) is 14.3. The van der Waals surface area contributed by atoms with Crippen LogP contribution >= 0.6 is 0 Å². The van der Waals surface area contributed by atoms with Crippen LogP contribution in [0.15, 0.2) is 59.1 Å². The molecule has 0 atom stereocenters. The highest BCUT2D eigenvalue weighted by atomic mass is 16.5. The van der Waals surface area contributed by atoms with Gasteiger partial charge < -0.3 is 16.2 Å². The third kappa shape index (κ3) is 3.40. The number of ether oxygens (including phenoxy) is 1. The van der Waals surface area contributed by atoms with E-state index in [1.165, 1.54) is 5.57 Å². The summed E-state index contributed by atoms with van der Waals surface area (Å²) in [5, 5.41) is 0. The van der Waals surface area contributed by atoms with Crippen molar-refractivity contribution in [2.24, 2.45) is 22.4 Å². The van der Waals surface area contributed by atoms with Crippen molar-refractivity contribution in [1.82, 2.24) is 0 Å². The number of hydrogen-bond donors (Lipinski definition) is 2. The van der Waals surface area contributed by atoms with E-state index in [4.69, 9.17) is 16.2 Å². The van der Waals surface area contributed by atoms with Crippen LogP contribution in [0.25, 0.3) is 5.57 Å². The lowest BCUT2D eigenvalue weighted by Gasteiger charge is -2.27. The summed E-state index contributed by atoms with van der Waals surface area (Å²) in [4.78, 5) is 15.8. The average Bonchev–Trinajstić information content (AvgIpc) is 2.60. The number of nitrogens with zero attached hydrogens (tertiary/aromatic N) is 1. The molecule has 0 spiro atoms. The monoisotopic (exact) mass is 335 g/mol. The lowest BCUT2D eigenvalue weighted by atomic mass is 9.85. The van der Waals surface area contributed by atoms with E-state index in [0.29, 0.717) is 18.1 Å². The maximum atomic E-state index is 12.2. The number of benzene rings is 2. The van der Waals surface area contributed by atoms with E-state index < -0.39 is 5.91 Å². The zero-order valence-corrected chi connectivity index (χ0v) is 14.3. The first-order chi connectivity index (χ1) is 12.0. The van der Waals surface area contributed by atoms with Gasteiger partial charge in [-0.25, -0.2) is 0 Å². The molecule has 0 aliphatic carbocycles. The van der Waals surface area contributed by atoms with Crippen molar-refractivity contribution >= 4 is 17.4 Å². The summed E-state index contributed by atoms with van der Waals surface area (Å²) >= 11 is 0. The first-order valence-electron chi connectivity index (χ1n) is 8.17. The second-order valence-electron chi connectivity index (χ2n) is 6.26. The van der Waals surface area contributed by atoms with Crippen LogP contribution in [-0.4, -0.2) is 18.5 Å². The molecule has 0 saturated carbocycles. The number of fused-ring (bicyclic) bond motifs is 1. The Bertz CT molecular complexity index is 864. The SMILES string of the molecule is CC(C)C1=C(c2ccccc2)c2cc(C(=O)N=C(N)N)ccc2OC1. The molecule has 0 aromatic heterocycles. The molecular weight excluding hydrogens is 314 g/mol. The van der Waals surface area contributed by atoms with Crippen LogP contribution in [0.2, 0.25) is 0 Å². The van der Waals surface area contributed by atoms with Crippen LogP contribution in [0, 0.1) is 5.92 Å². The van der Waals surface area contributed by atoms with Crippen LogP contribution in [0.5, 0.6) is 5.75 Å². The van der Waals surface area contributed by atoms with Crippen LogP contribution < -0.4 is 16.2 Å². The van der Waals surface area contributed by atoms with Gasteiger partial charge in [-0.05, 0) is 40.8 Å². The Morgan fingerprint density at radius 2 is 1.84 bits per heavy atom. The van der Waals surface area contributed by atoms with Gasteiger partial charge in [0.25, 0.3) is 5.91 Å². The highest BCUT2D eigenvalue weighted by Gasteiger charge is 2.24. The summed E-state index contributed by atoms with van der Waals surface area (Å²) < 4.78 is 5.91. The molecule has 5 nitrogen and oxygen atoms in total. The minimum atomic E-state index is -0.466. The van der Waals surface area contributed by atoms with Gasteiger partial charge in [0.15, 0.2) is 5.96 Å². The van der Waals surface area contributed by atoms with E-state index in [0.717, 1.165) is 22.4 Å². The van der Waals surface area contributed by atoms with Gasteiger partial charge in [-0.1, -0.05) is 44.2 Å². The maximum Gasteiger partial charge on any atom is 0.280 e. The number of hydrogen-bond acceptors (Lipinski definition) is 2. The van der Waals surface area contributed by atoms with Gasteiger partial charge in [0.1, 0.15) is 12.4 Å². The summed E-state index contributed by atoms with van der Waals surface area (Å²) in [7, 11) is 0. The summed E-state index contributed by atoms with van der Waals surface area (Å²) in [5.74, 6) is 0.359. The summed E-state index contributed by atoms with van der Waals surface area (Å²) in [6, 6.07) is 15.4. The molecule has 5 heteroatoms. The van der Waals surface area contributed by atoms with Crippen molar-refractivity contribution in [3.05, 3.63) is 70.8 Å². The standard InChI is InChI=1S/C20H21N3O2/c1-12(2)16-11-25-17-9-8-14(19(24)23-20(21)22)10-15(17)18(16)13-6-4-3-5-7-13/h3-10,12H,11H2,1-2H3,(H4,21,22,23,24). The molecule has 0 unspecified atom stereocenters. The van der Waals surface area contributed by atoms with Gasteiger partial charge in [-0.15, -0.1) is 0 Å². The van der Waals surface area contributed by atoms with Crippen molar-refractivity contribution < 1.29 is 9.53 Å². The third-order valence-electron chi connectivity index (χ3n) is 4.19. The Morgan fingerprint density at radius 1 is 1.12 bits per heavy atom. The molecule has 25 heavy (non-hydrogen) atoms. The lowest BCUT2D eigenvalue weighted by molar-refractivity contribution is 0.100. The highest BCUT2D eigenvalue weighted by Crippen LogP contribution is 2.40. The number of carbonyl (C=O) groups is 1. The van der Waals surface area contributed by atoms with E-state index >= 15 is 0 Å². The molecule has 0 fully saturated rings. The molecule has 128 valence electrons. The lowest BCUT2D eigenvalue weighted by Crippen LogP contribution is -2.24. The van der Waals surface area contributed by atoms with Crippen molar-refractivity contribution in [2.75, 3.05) is 6.61 Å². The molecule has 3 rings (SSSR count). The predicted molar refractivity (Wildman–Crippen MR) is 99.4 cm³/mol. The second-order valence-corrected chi connectivity index (χ2v) is 6.26. The highest BCUT2D eigenvalue weighted by molar-refractivity contribution is 6.03. The third-order valence-corrected chi connectivity index (χ3v) is 4.19. The topological polar surface area (TPSA) is 90.7 Å². The number of carbonyl (C=O) groups excluding carboxylic acids is 1. The molecule has 1 amide bonds. The smallest absolute Gasteiger partial charge is 0.280 e. The molecule has 1 heterocycles. The van der Waals surface area contributed by atoms with E-state index in [9.17, 15) is 4.79 Å². The number of amides is 1. The van der Waals surface area contributed by atoms with E-state index in [1.807, 2.05) is 18.2 Å². The van der Waals surface area contributed by atoms with Crippen molar-refractivity contribution in [3.63, 3.8) is 0 Å². The number of nitrogens with two attached hydrogens (primary N) is 2. The molecule has 2 aromatic carbocycles. The fourth-order valence-electron chi connectivity index (χ4n) is 2.97. The fourth-order valence-corrected chi connectivity index (χ4v) is 2.97. The Labute approximate surface area is 147 Å². The van der Waals surface area contributed by atoms with Crippen molar-refractivity contribution in [2.45, 2.75) is 13.8 Å². The van der Waals surface area contributed by atoms with E-state index in [1.54, 1.807) is 18.2 Å². The Kier molecular flexibility index (Phi) is 4.57. The molecular formula is C20H21N3O2. The Morgan fingerprint density at radius 3 is 2.48 bits per heavy atom. The number of guanidine groups is 1. The van der Waals surface area contributed by atoms with Gasteiger partial charge in [0.05, 0.1) is 0 Å². The number of rotatable bonds is 3. The van der Waals surface area contributed by atoms with E-state index in [-0.39, 0.29) is 5.96 Å². The summed E-state index contributed by atoms with van der Waals surface area (Å²) in [6.07, 6.45) is 0. The van der Waals surface area contributed by atoms with Gasteiger partial charge in [0, 0.05) is 11.1 Å². The van der Waals surface area contributed by atoms with Gasteiger partial charge in [-0.3, -0.25) is 4.79 Å². The summed E-state index contributed by atoms with van der Waals surface area (Å²) in [5.41, 5.74) is 15.4. The van der Waals surface area contributed by atoms with Crippen LogP contribution in [0.3, 0.4) is 0 Å². The normalized spacial score (nSPS) is 13.2. The predicted octanol–water partition coefficient (Wildman–Crippen LogP) is 2.95. The van der Waals surface area contributed by atoms with Gasteiger partial charge >= 0.3 is 0 Å². The summed E-state index contributed by atoms with van der Waals surface area (Å²) in [6.45, 7) is 4.82. The van der Waals surface area contributed by atoms with Crippen LogP contribution in [0.4, 0.5) is 0 Å². The van der Waals surface area contributed by atoms with Crippen molar-refractivity contribution in [3.8, 4) is 5.75 Å². The molecule has 0 saturated heterocycles. The van der Waals surface area contributed by atoms with Gasteiger partial charge in [-0.2, -0.15) is 4.99 Å². The van der Waals surface area contributed by atoms with Crippen LogP contribution in [-0.2, 0) is 0 Å². The molecule has 0 radical (unpaired) electrons. The van der Waals surface area contributed by atoms with Crippen molar-refractivity contribution in [1.29, 1.82) is 0 Å². The average molecular weight is 335 g/mol. The first-order valence-corrected chi connectivity index (χ1v) is 8.17. The maximum absolute atomic E-state index is 12.2. The fraction of sp³-hybridized carbons (Fsp3) is 0.200. The molecule has 1 aliphatic rings. The van der Waals surface area contributed by atoms with Gasteiger partial charge in [0.2, 0.25) is 0 Å². The number of aliphatic imine (C=N–C) groups is 1.